The highest BCUT2D eigenvalue weighted by atomic mass is 79.9. The number of anilines is 1. The monoisotopic (exact) mass is 352 g/mol. The molecule has 5 heteroatoms. The number of nitrogens with zero attached hydrogens (tertiary/aromatic N) is 1. The first kappa shape index (κ1) is 15.2. The molecule has 1 N–H and O–H groups in total. The fourth-order valence-corrected chi connectivity index (χ4v) is 2.78. The van der Waals surface area contributed by atoms with Crippen molar-refractivity contribution in [3.05, 3.63) is 35.2 Å². The Hall–Kier alpha value is -1.20. The minimum absolute atomic E-state index is 0.0850. The van der Waals surface area contributed by atoms with Gasteiger partial charge in [0.2, 0.25) is 5.91 Å². The number of amides is 1. The van der Waals surface area contributed by atoms with Gasteiger partial charge in [-0.1, -0.05) is 54.0 Å². The van der Waals surface area contributed by atoms with Crippen LogP contribution in [0.4, 0.5) is 5.13 Å². The van der Waals surface area contributed by atoms with E-state index in [0.29, 0.717) is 11.0 Å². The van der Waals surface area contributed by atoms with Gasteiger partial charge in [0.1, 0.15) is 0 Å². The van der Waals surface area contributed by atoms with Crippen molar-refractivity contribution in [1.82, 2.24) is 4.98 Å². The first-order valence-electron chi connectivity index (χ1n) is 6.49. The highest BCUT2D eigenvalue weighted by Crippen LogP contribution is 2.25. The molecule has 0 atom stereocenters. The molecule has 2 rings (SSSR count). The summed E-state index contributed by atoms with van der Waals surface area (Å²) in [5.74, 6) is 0.573. The zero-order valence-corrected chi connectivity index (χ0v) is 13.9. The largest absolute Gasteiger partial charge is 0.301 e. The molecule has 106 valence electrons. The molecule has 0 bridgehead atoms. The predicted molar refractivity (Wildman–Crippen MR) is 88.5 cm³/mol. The molecule has 3 nitrogen and oxygen atoms in total. The van der Waals surface area contributed by atoms with Gasteiger partial charge in [0.15, 0.2) is 5.13 Å². The van der Waals surface area contributed by atoms with E-state index in [4.69, 9.17) is 0 Å². The Labute approximate surface area is 131 Å². The van der Waals surface area contributed by atoms with Gasteiger partial charge >= 0.3 is 0 Å². The van der Waals surface area contributed by atoms with Crippen molar-refractivity contribution in [2.24, 2.45) is 5.92 Å². The smallest absolute Gasteiger partial charge is 0.236 e. The van der Waals surface area contributed by atoms with Gasteiger partial charge in [-0.2, -0.15) is 0 Å². The summed E-state index contributed by atoms with van der Waals surface area (Å²) in [6, 6.07) is 8.46. The quantitative estimate of drug-likeness (QED) is 0.813. The normalized spacial score (nSPS) is 10.8. The summed E-state index contributed by atoms with van der Waals surface area (Å²) in [4.78, 5) is 15.7. The van der Waals surface area contributed by atoms with E-state index in [1.165, 1.54) is 16.9 Å². The Balaban J connectivity index is 2.10. The molecule has 20 heavy (non-hydrogen) atoms. The van der Waals surface area contributed by atoms with Crippen molar-refractivity contribution < 1.29 is 4.79 Å². The number of benzene rings is 1. The highest BCUT2D eigenvalue weighted by molar-refractivity contribution is 9.09. The van der Waals surface area contributed by atoms with Crippen LogP contribution in [0.2, 0.25) is 0 Å². The molecule has 0 fully saturated rings. The topological polar surface area (TPSA) is 42.0 Å². The van der Waals surface area contributed by atoms with Gasteiger partial charge in [-0.25, -0.2) is 4.98 Å². The van der Waals surface area contributed by atoms with Crippen molar-refractivity contribution in [1.29, 1.82) is 0 Å². The van der Waals surface area contributed by atoms with Gasteiger partial charge in [-0.05, 0) is 17.9 Å². The van der Waals surface area contributed by atoms with Crippen molar-refractivity contribution in [2.45, 2.75) is 20.3 Å². The van der Waals surface area contributed by atoms with E-state index < -0.39 is 0 Å². The van der Waals surface area contributed by atoms with E-state index in [-0.39, 0.29) is 11.2 Å². The standard InChI is InChI=1S/C15H17BrN2OS/c1-10(2)7-11-3-5-12(6-4-11)13-9-20-15(17-13)18-14(19)8-16/h3-6,9-10H,7-8H2,1-2H3,(H,17,18,19). The van der Waals surface area contributed by atoms with E-state index in [1.54, 1.807) is 0 Å². The van der Waals surface area contributed by atoms with Crippen molar-refractivity contribution in [2.75, 3.05) is 10.6 Å². The maximum atomic E-state index is 11.3. The van der Waals surface area contributed by atoms with E-state index in [0.717, 1.165) is 17.7 Å². The minimum atomic E-state index is -0.0850. The SMILES string of the molecule is CC(C)Cc1ccc(-c2csc(NC(=O)CBr)n2)cc1. The molecule has 0 unspecified atom stereocenters. The highest BCUT2D eigenvalue weighted by Gasteiger charge is 2.07. The first-order valence-corrected chi connectivity index (χ1v) is 8.49. The third-order valence-electron chi connectivity index (χ3n) is 2.77. The van der Waals surface area contributed by atoms with Crippen molar-refractivity contribution in [3.63, 3.8) is 0 Å². The van der Waals surface area contributed by atoms with Crippen LogP contribution in [0.15, 0.2) is 29.6 Å². The number of nitrogens with one attached hydrogen (secondary N) is 1. The van der Waals surface area contributed by atoms with E-state index >= 15 is 0 Å². The number of alkyl halides is 1. The van der Waals surface area contributed by atoms with Crippen LogP contribution in [0.25, 0.3) is 11.3 Å². The number of aromatic nitrogens is 1. The molecular formula is C15H17BrN2OS. The van der Waals surface area contributed by atoms with Crippen LogP contribution in [-0.2, 0) is 11.2 Å². The summed E-state index contributed by atoms with van der Waals surface area (Å²) in [6.07, 6.45) is 1.09. The lowest BCUT2D eigenvalue weighted by molar-refractivity contribution is -0.113. The van der Waals surface area contributed by atoms with Gasteiger partial charge in [-0.15, -0.1) is 11.3 Å². The molecule has 1 amide bonds. The van der Waals surface area contributed by atoms with Crippen LogP contribution in [0.3, 0.4) is 0 Å². The van der Waals surface area contributed by atoms with Crippen LogP contribution >= 0.6 is 27.3 Å². The molecule has 1 heterocycles. The third kappa shape index (κ3) is 4.15. The fraction of sp³-hybridized carbons (Fsp3) is 0.333. The molecule has 0 saturated heterocycles. The molecule has 2 aromatic rings. The molecule has 0 aliphatic rings. The van der Waals surface area contributed by atoms with Crippen LogP contribution in [0.5, 0.6) is 0 Å². The number of hydrogen-bond donors (Lipinski definition) is 1. The molecule has 0 spiro atoms. The maximum Gasteiger partial charge on any atom is 0.236 e. The maximum absolute atomic E-state index is 11.3. The van der Waals surface area contributed by atoms with Gasteiger partial charge < -0.3 is 5.32 Å². The van der Waals surface area contributed by atoms with E-state index in [9.17, 15) is 4.79 Å². The van der Waals surface area contributed by atoms with Crippen LogP contribution in [0, 0.1) is 5.92 Å². The minimum Gasteiger partial charge on any atom is -0.301 e. The lowest BCUT2D eigenvalue weighted by Gasteiger charge is -2.05. The summed E-state index contributed by atoms with van der Waals surface area (Å²) < 4.78 is 0. The molecule has 0 radical (unpaired) electrons. The number of hydrogen-bond acceptors (Lipinski definition) is 3. The van der Waals surface area contributed by atoms with Crippen LogP contribution in [0.1, 0.15) is 19.4 Å². The molecule has 0 aliphatic carbocycles. The molecule has 0 aliphatic heterocycles. The second kappa shape index (κ2) is 6.99. The Bertz CT molecular complexity index is 578. The number of carbonyl (C=O) groups excluding carboxylic acids is 1. The summed E-state index contributed by atoms with van der Waals surface area (Å²) in [7, 11) is 0. The summed E-state index contributed by atoms with van der Waals surface area (Å²) in [6.45, 7) is 4.43. The van der Waals surface area contributed by atoms with Gasteiger partial charge in [0, 0.05) is 10.9 Å². The van der Waals surface area contributed by atoms with Crippen molar-refractivity contribution in [3.8, 4) is 11.3 Å². The number of halogens is 1. The van der Waals surface area contributed by atoms with Gasteiger partial charge in [0.05, 0.1) is 11.0 Å². The van der Waals surface area contributed by atoms with Crippen molar-refractivity contribution >= 4 is 38.3 Å². The molecular weight excluding hydrogens is 336 g/mol. The third-order valence-corrected chi connectivity index (χ3v) is 4.03. The fourth-order valence-electron chi connectivity index (χ4n) is 1.90. The van der Waals surface area contributed by atoms with Crippen LogP contribution in [-0.4, -0.2) is 16.2 Å². The Morgan fingerprint density at radius 3 is 2.65 bits per heavy atom. The number of thiazole rings is 1. The molecule has 1 aromatic heterocycles. The zero-order valence-electron chi connectivity index (χ0n) is 11.5. The molecule has 1 aromatic carbocycles. The summed E-state index contributed by atoms with van der Waals surface area (Å²) >= 11 is 4.56. The number of carbonyl (C=O) groups is 1. The Morgan fingerprint density at radius 1 is 1.35 bits per heavy atom. The second-order valence-electron chi connectivity index (χ2n) is 5.01. The average molecular weight is 353 g/mol. The molecule has 0 saturated carbocycles. The van der Waals surface area contributed by atoms with E-state index in [2.05, 4.69) is 64.3 Å². The second-order valence-corrected chi connectivity index (χ2v) is 6.43. The summed E-state index contributed by atoms with van der Waals surface area (Å²) in [5.41, 5.74) is 3.32. The number of rotatable bonds is 5. The first-order chi connectivity index (χ1) is 9.58. The van der Waals surface area contributed by atoms with Gasteiger partial charge in [-0.3, -0.25) is 4.79 Å². The zero-order chi connectivity index (χ0) is 14.5. The predicted octanol–water partition coefficient (Wildman–Crippen LogP) is 4.34. The summed E-state index contributed by atoms with van der Waals surface area (Å²) in [5, 5.41) is 5.62. The van der Waals surface area contributed by atoms with Crippen LogP contribution < -0.4 is 5.32 Å². The van der Waals surface area contributed by atoms with E-state index in [1.807, 2.05) is 5.38 Å². The van der Waals surface area contributed by atoms with Gasteiger partial charge in [0.25, 0.3) is 0 Å². The Kier molecular flexibility index (Phi) is 5.31. The average Bonchev–Trinajstić information content (AvgIpc) is 2.87. The lowest BCUT2D eigenvalue weighted by Crippen LogP contribution is -2.11. The lowest BCUT2D eigenvalue weighted by atomic mass is 10.0. The Morgan fingerprint density at radius 2 is 2.05 bits per heavy atom.